The minimum absolute atomic E-state index is 0.0404. The highest BCUT2D eigenvalue weighted by Gasteiger charge is 2.38. The largest absolute Gasteiger partial charge is 0.490 e. The molecule has 312 valence electrons. The van der Waals surface area contributed by atoms with Crippen LogP contribution in [-0.4, -0.2) is 131 Å². The second kappa shape index (κ2) is 18.8. The van der Waals surface area contributed by atoms with E-state index in [4.69, 9.17) is 19.4 Å². The first-order valence-corrected chi connectivity index (χ1v) is 21.0. The predicted molar refractivity (Wildman–Crippen MR) is 213 cm³/mol. The standard InChI is InChI=1S/C19H27N5O2S.C17H24N4OS.C2HF3O2/c1-20-19(25)24-9-8-15-14(10-24)16-17(21-11-22-18(16)27-15)26-13-6-4-12(5-7-13)23(2)3;1-21(2)11-3-5-12(6-4-11)22-16-15-13-9-18-8-7-14(13)23-17(15)20-10-19-16;3-2(4,5)1(6)7/h11-13H,4-10H2,1-3H3,(H,20,25);10-12,18H,3-9H2,1-2H3;(H,6,7). The van der Waals surface area contributed by atoms with Gasteiger partial charge in [-0.1, -0.05) is 0 Å². The number of nitrogens with one attached hydrogen (secondary N) is 2. The highest BCUT2D eigenvalue weighted by Crippen LogP contribution is 2.40. The van der Waals surface area contributed by atoms with Crippen molar-refractivity contribution in [1.29, 1.82) is 0 Å². The van der Waals surface area contributed by atoms with E-state index < -0.39 is 12.1 Å². The lowest BCUT2D eigenvalue weighted by atomic mass is 9.92. The van der Waals surface area contributed by atoms with Crippen LogP contribution in [0.4, 0.5) is 18.0 Å². The number of rotatable bonds is 6. The van der Waals surface area contributed by atoms with Crippen molar-refractivity contribution in [2.75, 3.05) is 48.3 Å². The second-order valence-electron chi connectivity index (χ2n) is 15.2. The van der Waals surface area contributed by atoms with Crippen LogP contribution in [0.25, 0.3) is 20.4 Å². The number of carbonyl (C=O) groups is 2. The number of nitrogens with zero attached hydrogens (tertiary/aromatic N) is 7. The number of urea groups is 1. The van der Waals surface area contributed by atoms with E-state index in [1.807, 2.05) is 4.90 Å². The van der Waals surface area contributed by atoms with Crippen molar-refractivity contribution in [1.82, 2.24) is 45.3 Å². The molecule has 14 nitrogen and oxygen atoms in total. The van der Waals surface area contributed by atoms with Gasteiger partial charge in [-0.15, -0.1) is 22.7 Å². The lowest BCUT2D eigenvalue weighted by Gasteiger charge is -2.32. The van der Waals surface area contributed by atoms with E-state index in [2.05, 4.69) is 68.6 Å². The summed E-state index contributed by atoms with van der Waals surface area (Å²) in [6.07, 6.45) is 9.63. The van der Waals surface area contributed by atoms with Gasteiger partial charge in [0.05, 0.1) is 10.8 Å². The average molecular weight is 836 g/mol. The first kappa shape index (κ1) is 42.7. The zero-order valence-electron chi connectivity index (χ0n) is 33.0. The van der Waals surface area contributed by atoms with Gasteiger partial charge in [0.25, 0.3) is 0 Å². The summed E-state index contributed by atoms with van der Waals surface area (Å²) in [5.41, 5.74) is 2.51. The Morgan fingerprint density at radius 2 is 1.28 bits per heavy atom. The van der Waals surface area contributed by atoms with Crippen molar-refractivity contribution < 1.29 is 37.3 Å². The Morgan fingerprint density at radius 1 is 0.807 bits per heavy atom. The van der Waals surface area contributed by atoms with Crippen LogP contribution >= 0.6 is 22.7 Å². The maximum atomic E-state index is 12.1. The van der Waals surface area contributed by atoms with Gasteiger partial charge >= 0.3 is 18.2 Å². The molecule has 2 amide bonds. The number of alkyl halides is 3. The Labute approximate surface area is 338 Å². The molecule has 4 aliphatic rings. The number of hydrogen-bond donors (Lipinski definition) is 3. The molecule has 0 unspecified atom stereocenters. The van der Waals surface area contributed by atoms with Crippen molar-refractivity contribution in [2.45, 2.75) is 108 Å². The highest BCUT2D eigenvalue weighted by atomic mass is 32.1. The molecule has 0 radical (unpaired) electrons. The molecule has 57 heavy (non-hydrogen) atoms. The topological polar surface area (TPSA) is 158 Å². The van der Waals surface area contributed by atoms with Gasteiger partial charge in [-0.3, -0.25) is 0 Å². The van der Waals surface area contributed by atoms with Crippen molar-refractivity contribution in [3.05, 3.63) is 33.5 Å². The van der Waals surface area contributed by atoms with E-state index in [1.54, 1.807) is 42.4 Å². The Bertz CT molecular complexity index is 1990. The summed E-state index contributed by atoms with van der Waals surface area (Å²) in [6, 6.07) is 1.30. The molecule has 19 heteroatoms. The summed E-state index contributed by atoms with van der Waals surface area (Å²) >= 11 is 3.51. The zero-order valence-corrected chi connectivity index (χ0v) is 34.7. The summed E-state index contributed by atoms with van der Waals surface area (Å²) in [6.45, 7) is 3.29. The number of aromatic nitrogens is 4. The van der Waals surface area contributed by atoms with Crippen molar-refractivity contribution in [3.8, 4) is 11.8 Å². The smallest absolute Gasteiger partial charge is 0.475 e. The molecule has 4 aromatic rings. The number of aliphatic carboxylic acids is 1. The van der Waals surface area contributed by atoms with Crippen LogP contribution in [0, 0.1) is 0 Å². The van der Waals surface area contributed by atoms with Gasteiger partial charge < -0.3 is 39.9 Å². The average Bonchev–Trinajstić information content (AvgIpc) is 3.77. The number of carboxylic acid groups (broad SMARTS) is 1. The number of hydrogen-bond acceptors (Lipinski definition) is 13. The molecule has 0 aromatic carbocycles. The first-order valence-electron chi connectivity index (χ1n) is 19.4. The highest BCUT2D eigenvalue weighted by molar-refractivity contribution is 7.19. The van der Waals surface area contributed by atoms with E-state index in [0.717, 1.165) is 103 Å². The van der Waals surface area contributed by atoms with Crippen molar-refractivity contribution in [3.63, 3.8) is 0 Å². The summed E-state index contributed by atoms with van der Waals surface area (Å²) < 4.78 is 44.4. The Balaban J connectivity index is 0.000000167. The van der Waals surface area contributed by atoms with Crippen molar-refractivity contribution in [2.24, 2.45) is 0 Å². The third-order valence-electron chi connectivity index (χ3n) is 11.1. The quantitative estimate of drug-likeness (QED) is 0.213. The SMILES string of the molecule is CN(C)C1CCC(Oc2ncnc3sc4c(c23)CNCC4)CC1.CNC(=O)N1CCc2sc3ncnc(OC4CCC(N(C)C)CC4)c3c2C1.O=C(O)C(F)(F)F. The van der Waals surface area contributed by atoms with Crippen LogP contribution in [0.1, 0.15) is 72.2 Å². The maximum Gasteiger partial charge on any atom is 0.490 e. The molecule has 0 saturated heterocycles. The minimum Gasteiger partial charge on any atom is -0.475 e. The van der Waals surface area contributed by atoms with E-state index in [-0.39, 0.29) is 18.2 Å². The molecule has 0 bridgehead atoms. The fraction of sp³-hybridized carbons (Fsp3) is 0.632. The van der Waals surface area contributed by atoms with Gasteiger partial charge in [0, 0.05) is 60.6 Å². The second-order valence-corrected chi connectivity index (χ2v) is 17.4. The maximum absolute atomic E-state index is 12.1. The molecule has 4 aromatic heterocycles. The number of halogens is 3. The number of carbonyl (C=O) groups excluding carboxylic acids is 1. The van der Waals surface area contributed by atoms with Crippen LogP contribution < -0.4 is 20.1 Å². The summed E-state index contributed by atoms with van der Waals surface area (Å²) in [5.74, 6) is -1.28. The Kier molecular flexibility index (Phi) is 14.1. The van der Waals surface area contributed by atoms with Gasteiger partial charge in [0.1, 0.15) is 34.5 Å². The number of amides is 2. The van der Waals surface area contributed by atoms with Gasteiger partial charge in [-0.05, 0) is 98.0 Å². The van der Waals surface area contributed by atoms with Gasteiger partial charge in [-0.2, -0.15) is 13.2 Å². The monoisotopic (exact) mass is 835 g/mol. The molecule has 3 N–H and O–H groups in total. The van der Waals surface area contributed by atoms with Gasteiger partial charge in [0.15, 0.2) is 0 Å². The summed E-state index contributed by atoms with van der Waals surface area (Å²) in [5, 5.41) is 15.5. The predicted octanol–water partition coefficient (Wildman–Crippen LogP) is 5.86. The molecule has 6 heterocycles. The van der Waals surface area contributed by atoms with Gasteiger partial charge in [0.2, 0.25) is 11.8 Å². The van der Waals surface area contributed by atoms with Crippen LogP contribution in [0.2, 0.25) is 0 Å². The van der Waals surface area contributed by atoms with Crippen molar-refractivity contribution >= 4 is 55.1 Å². The fourth-order valence-electron chi connectivity index (χ4n) is 7.88. The first-order chi connectivity index (χ1) is 27.2. The molecule has 0 atom stereocenters. The van der Waals surface area contributed by atoms with Crippen LogP contribution in [0.15, 0.2) is 12.7 Å². The number of carboxylic acids is 1. The minimum atomic E-state index is -5.08. The Morgan fingerprint density at radius 3 is 1.74 bits per heavy atom. The number of thiophene rings is 2. The number of ether oxygens (including phenoxy) is 2. The third kappa shape index (κ3) is 10.4. The normalized spacial score (nSPS) is 22.2. The lowest BCUT2D eigenvalue weighted by Crippen LogP contribution is -2.40. The van der Waals surface area contributed by atoms with Crippen LogP contribution in [0.3, 0.4) is 0 Å². The Hall–Kier alpha value is -3.91. The molecule has 2 saturated carbocycles. The molecule has 8 rings (SSSR count). The zero-order chi connectivity index (χ0) is 40.9. The number of fused-ring (bicyclic) bond motifs is 6. The molecule has 2 aliphatic carbocycles. The molecule has 2 fully saturated rings. The van der Waals surface area contributed by atoms with Crippen LogP contribution in [-0.2, 0) is 30.7 Å². The summed E-state index contributed by atoms with van der Waals surface area (Å²) in [4.78, 5) is 50.1. The molecular weight excluding hydrogens is 784 g/mol. The van der Waals surface area contributed by atoms with Gasteiger partial charge in [-0.25, -0.2) is 29.5 Å². The van der Waals surface area contributed by atoms with E-state index in [1.165, 1.54) is 28.2 Å². The van der Waals surface area contributed by atoms with Crippen LogP contribution in [0.5, 0.6) is 11.8 Å². The van der Waals surface area contributed by atoms with E-state index in [9.17, 15) is 18.0 Å². The van der Waals surface area contributed by atoms with E-state index >= 15 is 0 Å². The summed E-state index contributed by atoms with van der Waals surface area (Å²) in [7, 11) is 10.3. The fourth-order valence-corrected chi connectivity index (χ4v) is 10.2. The van der Waals surface area contributed by atoms with E-state index in [0.29, 0.717) is 24.5 Å². The third-order valence-corrected chi connectivity index (χ3v) is 13.5. The lowest BCUT2D eigenvalue weighted by molar-refractivity contribution is -0.192. The molecular formula is C38H52F3N9O5S2. The molecule has 2 aliphatic heterocycles. The molecule has 0 spiro atoms.